The minimum absolute atomic E-state index is 0.191. The summed E-state index contributed by atoms with van der Waals surface area (Å²) in [6, 6.07) is 7.48. The lowest BCUT2D eigenvalue weighted by atomic mass is 10.3. The second-order valence-electron chi connectivity index (χ2n) is 3.74. The Morgan fingerprint density at radius 1 is 1.24 bits per heavy atom. The molecule has 0 saturated carbocycles. The second-order valence-corrected chi connectivity index (χ2v) is 3.74. The van der Waals surface area contributed by atoms with Crippen LogP contribution in [0.2, 0.25) is 0 Å². The molecule has 1 N–H and O–H groups in total. The molecule has 0 aliphatic carbocycles. The van der Waals surface area contributed by atoms with E-state index in [9.17, 15) is 4.79 Å². The number of aromatic nitrogens is 4. The lowest BCUT2D eigenvalue weighted by Crippen LogP contribution is -2.34. The monoisotopic (exact) mass is 229 g/mol. The van der Waals surface area contributed by atoms with Gasteiger partial charge in [-0.3, -0.25) is 0 Å². The highest BCUT2D eigenvalue weighted by molar-refractivity contribution is 5.79. The fraction of sp³-hybridized carbons (Fsp3) is 0.182. The molecular weight excluding hydrogens is 218 g/mol. The van der Waals surface area contributed by atoms with Gasteiger partial charge in [0.05, 0.1) is 11.0 Å². The van der Waals surface area contributed by atoms with Gasteiger partial charge in [0, 0.05) is 7.05 Å². The third-order valence-corrected chi connectivity index (χ3v) is 2.73. The van der Waals surface area contributed by atoms with Crippen molar-refractivity contribution in [3.63, 3.8) is 0 Å². The van der Waals surface area contributed by atoms with Crippen molar-refractivity contribution in [3.05, 3.63) is 40.6 Å². The average molecular weight is 229 g/mol. The summed E-state index contributed by atoms with van der Waals surface area (Å²) in [7, 11) is 1.68. The topological polar surface area (TPSA) is 64.2 Å². The number of para-hydroxylation sites is 2. The molecule has 2 heterocycles. The molecule has 2 aromatic heterocycles. The van der Waals surface area contributed by atoms with Crippen molar-refractivity contribution in [3.8, 4) is 0 Å². The van der Waals surface area contributed by atoms with Gasteiger partial charge in [-0.15, -0.1) is 0 Å². The quantitative estimate of drug-likeness (QED) is 0.661. The number of hydrogen-bond donors (Lipinski definition) is 1. The van der Waals surface area contributed by atoms with Gasteiger partial charge < -0.3 is 5.43 Å². The summed E-state index contributed by atoms with van der Waals surface area (Å²) >= 11 is 0. The SMILES string of the molecule is CNn1c(C)nc2nc3ccccc3n2c1=O. The van der Waals surface area contributed by atoms with Crippen LogP contribution in [0.15, 0.2) is 29.1 Å². The van der Waals surface area contributed by atoms with Gasteiger partial charge in [-0.05, 0) is 19.1 Å². The molecule has 0 radical (unpaired) electrons. The van der Waals surface area contributed by atoms with Gasteiger partial charge in [-0.1, -0.05) is 12.1 Å². The van der Waals surface area contributed by atoms with Gasteiger partial charge >= 0.3 is 5.69 Å². The molecule has 0 amide bonds. The molecule has 0 atom stereocenters. The number of nitrogens with zero attached hydrogens (tertiary/aromatic N) is 4. The fourth-order valence-corrected chi connectivity index (χ4v) is 1.97. The van der Waals surface area contributed by atoms with Crippen LogP contribution in [0.25, 0.3) is 16.8 Å². The first-order valence-electron chi connectivity index (χ1n) is 5.27. The molecule has 6 heteroatoms. The first kappa shape index (κ1) is 9.83. The molecule has 0 aliphatic rings. The third kappa shape index (κ3) is 1.24. The number of imidazole rings is 1. The maximum atomic E-state index is 12.2. The number of rotatable bonds is 1. The zero-order valence-electron chi connectivity index (χ0n) is 9.51. The Hall–Kier alpha value is -2.37. The molecule has 3 rings (SSSR count). The molecule has 6 nitrogen and oxygen atoms in total. The van der Waals surface area contributed by atoms with Crippen LogP contribution in [0.1, 0.15) is 5.82 Å². The first-order chi connectivity index (χ1) is 8.22. The van der Waals surface area contributed by atoms with Gasteiger partial charge in [0.2, 0.25) is 5.78 Å². The smallest absolute Gasteiger partial charge is 0.323 e. The average Bonchev–Trinajstić information content (AvgIpc) is 2.67. The van der Waals surface area contributed by atoms with Crippen LogP contribution in [0.4, 0.5) is 0 Å². The Morgan fingerprint density at radius 3 is 2.76 bits per heavy atom. The lowest BCUT2D eigenvalue weighted by Gasteiger charge is -2.07. The molecule has 0 aliphatic heterocycles. The summed E-state index contributed by atoms with van der Waals surface area (Å²) in [5.74, 6) is 1.01. The maximum absolute atomic E-state index is 12.2. The molecule has 0 fully saturated rings. The molecule has 3 aromatic rings. The Bertz CT molecular complexity index is 770. The molecule has 0 spiro atoms. The predicted molar refractivity (Wildman–Crippen MR) is 64.8 cm³/mol. The Balaban J connectivity index is 2.60. The van der Waals surface area contributed by atoms with Crippen molar-refractivity contribution in [2.45, 2.75) is 6.92 Å². The molecule has 0 saturated heterocycles. The molecule has 1 aromatic carbocycles. The number of hydrogen-bond acceptors (Lipinski definition) is 4. The lowest BCUT2D eigenvalue weighted by molar-refractivity contribution is 0.737. The van der Waals surface area contributed by atoms with Crippen LogP contribution in [-0.4, -0.2) is 26.1 Å². The van der Waals surface area contributed by atoms with E-state index in [1.807, 2.05) is 24.3 Å². The standard InChI is InChI=1S/C11H11N5O/c1-7-13-10-14-8-5-3-4-6-9(8)15(10)11(17)16(7)12-2/h3-6,12H,1-2H3. The summed E-state index contributed by atoms with van der Waals surface area (Å²) in [6.07, 6.45) is 0. The van der Waals surface area contributed by atoms with E-state index in [1.54, 1.807) is 14.0 Å². The van der Waals surface area contributed by atoms with E-state index in [-0.39, 0.29) is 5.69 Å². The minimum atomic E-state index is -0.191. The minimum Gasteiger partial charge on any atom is -0.323 e. The molecule has 86 valence electrons. The Kier molecular flexibility index (Phi) is 1.91. The van der Waals surface area contributed by atoms with Crippen LogP contribution >= 0.6 is 0 Å². The number of benzene rings is 1. The van der Waals surface area contributed by atoms with Crippen LogP contribution in [0.5, 0.6) is 0 Å². The van der Waals surface area contributed by atoms with Crippen LogP contribution in [0, 0.1) is 6.92 Å². The summed E-state index contributed by atoms with van der Waals surface area (Å²) in [5.41, 5.74) is 4.15. The maximum Gasteiger partial charge on any atom is 0.355 e. The van der Waals surface area contributed by atoms with E-state index < -0.39 is 0 Å². The number of fused-ring (bicyclic) bond motifs is 3. The van der Waals surface area contributed by atoms with Gasteiger partial charge in [0.15, 0.2) is 0 Å². The van der Waals surface area contributed by atoms with E-state index in [0.717, 1.165) is 11.0 Å². The fourth-order valence-electron chi connectivity index (χ4n) is 1.97. The van der Waals surface area contributed by atoms with E-state index in [0.29, 0.717) is 11.6 Å². The van der Waals surface area contributed by atoms with Crippen molar-refractivity contribution in [1.29, 1.82) is 0 Å². The highest BCUT2D eigenvalue weighted by Crippen LogP contribution is 2.12. The number of aryl methyl sites for hydroxylation is 1. The van der Waals surface area contributed by atoms with Crippen molar-refractivity contribution in [2.75, 3.05) is 12.5 Å². The summed E-state index contributed by atoms with van der Waals surface area (Å²) in [6.45, 7) is 1.76. The Labute approximate surface area is 96.5 Å². The van der Waals surface area contributed by atoms with Gasteiger partial charge in [0.25, 0.3) is 0 Å². The van der Waals surface area contributed by atoms with E-state index in [2.05, 4.69) is 15.4 Å². The zero-order chi connectivity index (χ0) is 12.0. The Morgan fingerprint density at radius 2 is 2.00 bits per heavy atom. The predicted octanol–water partition coefficient (Wildman–Crippen LogP) is 0.526. The summed E-state index contributed by atoms with van der Waals surface area (Å²) in [5, 5.41) is 0. The largest absolute Gasteiger partial charge is 0.355 e. The van der Waals surface area contributed by atoms with Crippen molar-refractivity contribution >= 4 is 16.8 Å². The van der Waals surface area contributed by atoms with E-state index in [4.69, 9.17) is 0 Å². The van der Waals surface area contributed by atoms with Gasteiger partial charge in [-0.2, -0.15) is 9.66 Å². The summed E-state index contributed by atoms with van der Waals surface area (Å²) in [4.78, 5) is 20.9. The highest BCUT2D eigenvalue weighted by Gasteiger charge is 2.11. The molecule has 17 heavy (non-hydrogen) atoms. The van der Waals surface area contributed by atoms with Crippen LogP contribution in [-0.2, 0) is 0 Å². The van der Waals surface area contributed by atoms with Gasteiger partial charge in [-0.25, -0.2) is 14.2 Å². The van der Waals surface area contributed by atoms with Gasteiger partial charge in [0.1, 0.15) is 5.82 Å². The van der Waals surface area contributed by atoms with Crippen molar-refractivity contribution < 1.29 is 0 Å². The van der Waals surface area contributed by atoms with Crippen molar-refractivity contribution in [2.24, 2.45) is 0 Å². The normalized spacial score (nSPS) is 11.2. The number of nitrogens with one attached hydrogen (secondary N) is 1. The van der Waals surface area contributed by atoms with E-state index in [1.165, 1.54) is 9.08 Å². The molecular formula is C11H11N5O. The molecule has 0 unspecified atom stereocenters. The second kappa shape index (κ2) is 3.31. The van der Waals surface area contributed by atoms with Crippen LogP contribution < -0.4 is 11.1 Å². The van der Waals surface area contributed by atoms with Crippen molar-refractivity contribution in [1.82, 2.24) is 19.0 Å². The third-order valence-electron chi connectivity index (χ3n) is 2.73. The van der Waals surface area contributed by atoms with E-state index >= 15 is 0 Å². The zero-order valence-corrected chi connectivity index (χ0v) is 9.51. The highest BCUT2D eigenvalue weighted by atomic mass is 16.2. The van der Waals surface area contributed by atoms with Crippen LogP contribution in [0.3, 0.4) is 0 Å². The first-order valence-corrected chi connectivity index (χ1v) is 5.27. The summed E-state index contributed by atoms with van der Waals surface area (Å²) < 4.78 is 2.89. The molecule has 0 bridgehead atoms.